The largest absolute Gasteiger partial charge is 0.392 e. The number of nitrogens with one attached hydrogen (secondary N) is 1. The molecule has 3 unspecified atom stereocenters. The molecule has 0 aliphatic heterocycles. The monoisotopic (exact) mass is 233 g/mol. The molecule has 0 saturated carbocycles. The summed E-state index contributed by atoms with van der Waals surface area (Å²) in [6.45, 7) is 7.78. The Bertz CT molecular complexity index is 88.2. The van der Waals surface area contributed by atoms with Gasteiger partial charge < -0.3 is 17.3 Å². The summed E-state index contributed by atoms with van der Waals surface area (Å²) in [5.41, 5.74) is 0. The maximum atomic E-state index is 9.39. The van der Waals surface area contributed by atoms with Gasteiger partial charge in [-0.1, -0.05) is 13.3 Å². The zero-order valence-electron chi connectivity index (χ0n) is 7.67. The molecule has 0 aromatic heterocycles. The van der Waals surface area contributed by atoms with Crippen molar-refractivity contribution >= 4 is 0 Å². The van der Waals surface area contributed by atoms with Crippen LogP contribution in [-0.4, -0.2) is 24.3 Å². The fourth-order valence-corrected chi connectivity index (χ4v) is 0.809. The third kappa shape index (κ3) is 7.39. The molecular weight excluding hydrogens is 215 g/mol. The molecule has 2 nitrogen and oxygen atoms in total. The molecule has 11 heavy (non-hydrogen) atoms. The Kier molecular flexibility index (Phi) is 10.1. The molecule has 2 N–H and O–H groups in total. The minimum Gasteiger partial charge on any atom is -0.392 e. The van der Waals surface area contributed by atoms with E-state index in [9.17, 15) is 5.11 Å². The van der Waals surface area contributed by atoms with Gasteiger partial charge in [0, 0.05) is 38.8 Å². The van der Waals surface area contributed by atoms with Crippen LogP contribution in [0.5, 0.6) is 0 Å². The molecule has 0 spiro atoms. The fourth-order valence-electron chi connectivity index (χ4n) is 0.809. The number of likely N-dealkylation sites (N-methyl/N-ethyl adjacent to an activating group) is 1. The van der Waals surface area contributed by atoms with E-state index in [4.69, 9.17) is 0 Å². The summed E-state index contributed by atoms with van der Waals surface area (Å²) in [7, 11) is 1.85. The zero-order chi connectivity index (χ0) is 8.15. The molecule has 65 valence electrons. The minimum atomic E-state index is -0.266. The molecule has 0 aromatic rings. The summed E-state index contributed by atoms with van der Waals surface area (Å²) in [5.74, 6) is 0.325. The first-order valence-electron chi connectivity index (χ1n) is 3.76. The Morgan fingerprint density at radius 3 is 2.18 bits per heavy atom. The summed E-state index contributed by atoms with van der Waals surface area (Å²) in [6.07, 6.45) is 0.500. The number of aliphatic hydroxyl groups is 1. The minimum absolute atomic E-state index is 0. The van der Waals surface area contributed by atoms with Crippen LogP contribution in [0.1, 0.15) is 20.3 Å². The van der Waals surface area contributed by atoms with Crippen LogP contribution in [-0.2, 0) is 32.7 Å². The van der Waals surface area contributed by atoms with E-state index in [2.05, 4.69) is 12.2 Å². The summed E-state index contributed by atoms with van der Waals surface area (Å²) in [5, 5.41) is 12.4. The first kappa shape index (κ1) is 14.5. The maximum Gasteiger partial charge on any atom is 0.0668 e. The van der Waals surface area contributed by atoms with Gasteiger partial charge in [-0.05, 0) is 14.0 Å². The molecule has 0 saturated heterocycles. The van der Waals surface area contributed by atoms with Crippen molar-refractivity contribution in [1.29, 1.82) is 0 Å². The molecule has 0 amide bonds. The van der Waals surface area contributed by atoms with Crippen LogP contribution >= 0.6 is 0 Å². The van der Waals surface area contributed by atoms with Crippen molar-refractivity contribution in [1.82, 2.24) is 5.32 Å². The van der Waals surface area contributed by atoms with Gasteiger partial charge in [0.15, 0.2) is 0 Å². The smallest absolute Gasteiger partial charge is 0.0668 e. The van der Waals surface area contributed by atoms with Gasteiger partial charge >= 0.3 is 0 Å². The van der Waals surface area contributed by atoms with Gasteiger partial charge in [-0.2, -0.15) is 5.92 Å². The van der Waals surface area contributed by atoms with E-state index in [0.29, 0.717) is 5.92 Å². The predicted molar refractivity (Wildman–Crippen MR) is 43.7 cm³/mol. The van der Waals surface area contributed by atoms with Crippen LogP contribution in [0.25, 0.3) is 0 Å². The van der Waals surface area contributed by atoms with Crippen LogP contribution in [0, 0.1) is 12.8 Å². The standard InChI is InChI=1S/C8H18NO.Y/c1-6(2)5-8(10)7(3)9-4;/h6-10H,1,5H2,2-4H3;/q-1;. The van der Waals surface area contributed by atoms with Crippen molar-refractivity contribution in [2.24, 2.45) is 5.92 Å². The van der Waals surface area contributed by atoms with E-state index in [-0.39, 0.29) is 44.9 Å². The van der Waals surface area contributed by atoms with Crippen molar-refractivity contribution in [2.45, 2.75) is 32.4 Å². The zero-order valence-corrected chi connectivity index (χ0v) is 10.5. The number of hydrogen-bond acceptors (Lipinski definition) is 2. The average molecular weight is 233 g/mol. The van der Waals surface area contributed by atoms with Crippen molar-refractivity contribution < 1.29 is 37.8 Å². The Morgan fingerprint density at radius 1 is 1.45 bits per heavy atom. The number of rotatable bonds is 4. The molecule has 3 atom stereocenters. The van der Waals surface area contributed by atoms with E-state index >= 15 is 0 Å². The summed E-state index contributed by atoms with van der Waals surface area (Å²) >= 11 is 0. The van der Waals surface area contributed by atoms with Gasteiger partial charge in [-0.15, -0.1) is 0 Å². The number of aliphatic hydroxyl groups excluding tert-OH is 1. The summed E-state index contributed by atoms with van der Waals surface area (Å²) in [4.78, 5) is 0. The molecule has 0 fully saturated rings. The van der Waals surface area contributed by atoms with E-state index in [1.54, 1.807) is 0 Å². The summed E-state index contributed by atoms with van der Waals surface area (Å²) in [6, 6.07) is 0.171. The van der Waals surface area contributed by atoms with Gasteiger partial charge in [0.05, 0.1) is 6.10 Å². The Morgan fingerprint density at radius 2 is 1.91 bits per heavy atom. The molecule has 0 aromatic carbocycles. The average Bonchev–Trinajstić information content (AvgIpc) is 1.85. The predicted octanol–water partition coefficient (Wildman–Crippen LogP) is 0.813. The van der Waals surface area contributed by atoms with Gasteiger partial charge in [0.1, 0.15) is 0 Å². The van der Waals surface area contributed by atoms with Crippen LogP contribution in [0.2, 0.25) is 0 Å². The van der Waals surface area contributed by atoms with Crippen LogP contribution in [0.4, 0.5) is 0 Å². The molecular formula is C8H18NOY-. The van der Waals surface area contributed by atoms with Gasteiger partial charge in [-0.3, -0.25) is 0 Å². The van der Waals surface area contributed by atoms with Crippen LogP contribution in [0.3, 0.4) is 0 Å². The number of hydrogen-bond donors (Lipinski definition) is 2. The Balaban J connectivity index is 0. The van der Waals surface area contributed by atoms with Crippen LogP contribution < -0.4 is 5.32 Å². The first-order valence-corrected chi connectivity index (χ1v) is 3.76. The van der Waals surface area contributed by atoms with Gasteiger partial charge in [0.25, 0.3) is 0 Å². The van der Waals surface area contributed by atoms with Crippen LogP contribution in [0.15, 0.2) is 0 Å². The van der Waals surface area contributed by atoms with Crippen molar-refractivity contribution in [3.8, 4) is 0 Å². The molecule has 0 aliphatic carbocycles. The molecule has 0 bridgehead atoms. The van der Waals surface area contributed by atoms with Gasteiger partial charge in [0.2, 0.25) is 0 Å². The Labute approximate surface area is 95.0 Å². The van der Waals surface area contributed by atoms with Crippen molar-refractivity contribution in [3.63, 3.8) is 0 Å². The fraction of sp³-hybridized carbons (Fsp3) is 0.875. The molecule has 0 rings (SSSR count). The molecule has 1 radical (unpaired) electrons. The molecule has 0 aliphatic rings. The third-order valence-corrected chi connectivity index (χ3v) is 1.68. The second-order valence-electron chi connectivity index (χ2n) is 2.99. The van der Waals surface area contributed by atoms with E-state index < -0.39 is 0 Å². The SMILES string of the molecule is [CH2-]C(C)CC(O)C(C)NC.[Y]. The summed E-state index contributed by atoms with van der Waals surface area (Å²) < 4.78 is 0. The van der Waals surface area contributed by atoms with E-state index in [0.717, 1.165) is 6.42 Å². The first-order chi connectivity index (χ1) is 4.57. The van der Waals surface area contributed by atoms with E-state index in [1.807, 2.05) is 20.9 Å². The van der Waals surface area contributed by atoms with Gasteiger partial charge in [-0.25, -0.2) is 0 Å². The normalized spacial score (nSPS) is 18.3. The second-order valence-corrected chi connectivity index (χ2v) is 2.99. The van der Waals surface area contributed by atoms with Crippen molar-refractivity contribution in [3.05, 3.63) is 6.92 Å². The molecule has 0 heterocycles. The van der Waals surface area contributed by atoms with E-state index in [1.165, 1.54) is 0 Å². The third-order valence-electron chi connectivity index (χ3n) is 1.68. The second kappa shape index (κ2) is 7.66. The molecule has 3 heteroatoms. The Hall–Kier alpha value is 1.02. The topological polar surface area (TPSA) is 32.3 Å². The quantitative estimate of drug-likeness (QED) is 0.704. The van der Waals surface area contributed by atoms with Crippen molar-refractivity contribution in [2.75, 3.05) is 7.05 Å². The maximum absolute atomic E-state index is 9.39.